The zero-order valence-corrected chi connectivity index (χ0v) is 15.3. The highest BCUT2D eigenvalue weighted by molar-refractivity contribution is 5.80. The first-order chi connectivity index (χ1) is 13.3. The van der Waals surface area contributed by atoms with Crippen molar-refractivity contribution >= 4 is 16.9 Å². The molecular formula is C19H23N7O. The summed E-state index contributed by atoms with van der Waals surface area (Å²) < 4.78 is 3.95. The molecule has 2 aliphatic heterocycles. The van der Waals surface area contributed by atoms with E-state index in [1.807, 2.05) is 29.2 Å². The van der Waals surface area contributed by atoms with Gasteiger partial charge in [0.15, 0.2) is 5.82 Å². The molecule has 140 valence electrons. The summed E-state index contributed by atoms with van der Waals surface area (Å²) in [6.45, 7) is 1.93. The summed E-state index contributed by atoms with van der Waals surface area (Å²) >= 11 is 0. The molecule has 5 rings (SSSR count). The van der Waals surface area contributed by atoms with Crippen LogP contribution in [-0.4, -0.2) is 47.1 Å². The van der Waals surface area contributed by atoms with E-state index in [0.29, 0.717) is 0 Å². The molecule has 0 N–H and O–H groups in total. The molecule has 3 aromatic rings. The standard InChI is InChI=1S/C19H23N7O/c27-18(13-26-15-8-4-3-7-14(15)20-23-26)24-12-6-9-16(24)19-22-21-17-10-2-1-5-11-25(17)19/h3-4,7-8,16H,1-2,5-6,9-13H2. The number of aromatic nitrogens is 6. The number of aryl methyl sites for hydroxylation is 1. The van der Waals surface area contributed by atoms with Crippen LogP contribution < -0.4 is 0 Å². The quantitative estimate of drug-likeness (QED) is 0.710. The van der Waals surface area contributed by atoms with Gasteiger partial charge in [0.05, 0.1) is 11.6 Å². The van der Waals surface area contributed by atoms with Crippen LogP contribution in [0.1, 0.15) is 49.8 Å². The Bertz CT molecular complexity index is 976. The summed E-state index contributed by atoms with van der Waals surface area (Å²) in [5.41, 5.74) is 1.70. The minimum Gasteiger partial charge on any atom is -0.331 e. The van der Waals surface area contributed by atoms with Crippen molar-refractivity contribution in [3.8, 4) is 0 Å². The molecule has 1 amide bonds. The van der Waals surface area contributed by atoms with Gasteiger partial charge in [-0.05, 0) is 37.8 Å². The van der Waals surface area contributed by atoms with Crippen molar-refractivity contribution in [3.05, 3.63) is 35.9 Å². The molecule has 2 aliphatic rings. The van der Waals surface area contributed by atoms with Crippen molar-refractivity contribution in [2.75, 3.05) is 6.54 Å². The molecule has 1 atom stereocenters. The van der Waals surface area contributed by atoms with Gasteiger partial charge in [0.2, 0.25) is 5.91 Å². The normalized spacial score (nSPS) is 20.0. The molecule has 0 radical (unpaired) electrons. The SMILES string of the molecule is O=C(Cn1nnc2ccccc21)N1CCCC1c1nnc2n1CCCCC2. The zero-order chi connectivity index (χ0) is 18.2. The van der Waals surface area contributed by atoms with Crippen molar-refractivity contribution in [1.29, 1.82) is 0 Å². The van der Waals surface area contributed by atoms with Crippen LogP contribution in [0.3, 0.4) is 0 Å². The summed E-state index contributed by atoms with van der Waals surface area (Å²) in [6.07, 6.45) is 6.49. The van der Waals surface area contributed by atoms with E-state index in [1.165, 1.54) is 12.8 Å². The third-order valence-corrected chi connectivity index (χ3v) is 5.71. The summed E-state index contributed by atoms with van der Waals surface area (Å²) in [5, 5.41) is 17.2. The molecule has 1 aromatic carbocycles. The van der Waals surface area contributed by atoms with Crippen LogP contribution in [0.15, 0.2) is 24.3 Å². The molecule has 1 saturated heterocycles. The number of carbonyl (C=O) groups excluding carboxylic acids is 1. The van der Waals surface area contributed by atoms with Crippen molar-refractivity contribution < 1.29 is 4.79 Å². The largest absolute Gasteiger partial charge is 0.331 e. The zero-order valence-electron chi connectivity index (χ0n) is 15.3. The highest BCUT2D eigenvalue weighted by Crippen LogP contribution is 2.32. The molecule has 8 nitrogen and oxygen atoms in total. The highest BCUT2D eigenvalue weighted by Gasteiger charge is 2.34. The van der Waals surface area contributed by atoms with Gasteiger partial charge in [-0.1, -0.05) is 23.8 Å². The number of para-hydroxylation sites is 1. The Kier molecular flexibility index (Phi) is 4.10. The van der Waals surface area contributed by atoms with E-state index in [9.17, 15) is 4.79 Å². The van der Waals surface area contributed by atoms with Gasteiger partial charge >= 0.3 is 0 Å². The Morgan fingerprint density at radius 2 is 1.96 bits per heavy atom. The maximum Gasteiger partial charge on any atom is 0.245 e. The average molecular weight is 365 g/mol. The van der Waals surface area contributed by atoms with Gasteiger partial charge in [-0.3, -0.25) is 4.79 Å². The van der Waals surface area contributed by atoms with Crippen LogP contribution in [0.25, 0.3) is 11.0 Å². The monoisotopic (exact) mass is 365 g/mol. The first-order valence-electron chi connectivity index (χ1n) is 9.81. The topological polar surface area (TPSA) is 81.7 Å². The lowest BCUT2D eigenvalue weighted by Crippen LogP contribution is -2.35. The number of hydrogen-bond acceptors (Lipinski definition) is 5. The Morgan fingerprint density at radius 3 is 2.93 bits per heavy atom. The first kappa shape index (κ1) is 16.4. The molecule has 0 bridgehead atoms. The molecular weight excluding hydrogens is 342 g/mol. The van der Waals surface area contributed by atoms with Crippen LogP contribution >= 0.6 is 0 Å². The van der Waals surface area contributed by atoms with E-state index in [4.69, 9.17) is 0 Å². The second kappa shape index (κ2) is 6.75. The highest BCUT2D eigenvalue weighted by atomic mass is 16.2. The number of rotatable bonds is 3. The van der Waals surface area contributed by atoms with Crippen LogP contribution in [0.4, 0.5) is 0 Å². The minimum atomic E-state index is 0.0200. The van der Waals surface area contributed by atoms with Crippen molar-refractivity contribution in [1.82, 2.24) is 34.7 Å². The van der Waals surface area contributed by atoms with E-state index >= 15 is 0 Å². The molecule has 4 heterocycles. The van der Waals surface area contributed by atoms with Gasteiger partial charge in [-0.25, -0.2) is 4.68 Å². The van der Waals surface area contributed by atoms with Gasteiger partial charge in [-0.2, -0.15) is 0 Å². The summed E-state index contributed by atoms with van der Waals surface area (Å²) in [6, 6.07) is 7.75. The minimum absolute atomic E-state index is 0.0200. The lowest BCUT2D eigenvalue weighted by molar-refractivity contribution is -0.133. The Balaban J connectivity index is 1.40. The fourth-order valence-corrected chi connectivity index (χ4v) is 4.34. The number of benzene rings is 1. The van der Waals surface area contributed by atoms with Crippen molar-refractivity contribution in [2.45, 2.75) is 57.7 Å². The maximum absolute atomic E-state index is 13.1. The molecule has 1 unspecified atom stereocenters. The molecule has 8 heteroatoms. The lowest BCUT2D eigenvalue weighted by Gasteiger charge is -2.24. The van der Waals surface area contributed by atoms with Crippen LogP contribution in [0.2, 0.25) is 0 Å². The first-order valence-corrected chi connectivity index (χ1v) is 9.81. The Labute approximate surface area is 157 Å². The van der Waals surface area contributed by atoms with Gasteiger partial charge in [0, 0.05) is 19.5 Å². The fourth-order valence-electron chi connectivity index (χ4n) is 4.34. The number of likely N-dealkylation sites (tertiary alicyclic amines) is 1. The predicted molar refractivity (Wildman–Crippen MR) is 98.8 cm³/mol. The number of amides is 1. The second-order valence-corrected chi connectivity index (χ2v) is 7.42. The second-order valence-electron chi connectivity index (χ2n) is 7.42. The Hall–Kier alpha value is -2.77. The van der Waals surface area contributed by atoms with Crippen LogP contribution in [0, 0.1) is 0 Å². The molecule has 0 spiro atoms. The smallest absolute Gasteiger partial charge is 0.245 e. The van der Waals surface area contributed by atoms with E-state index in [0.717, 1.165) is 61.5 Å². The lowest BCUT2D eigenvalue weighted by atomic mass is 10.2. The average Bonchev–Trinajstić information content (AvgIpc) is 3.37. The van der Waals surface area contributed by atoms with E-state index < -0.39 is 0 Å². The molecule has 27 heavy (non-hydrogen) atoms. The Morgan fingerprint density at radius 1 is 1.04 bits per heavy atom. The number of hydrogen-bond donors (Lipinski definition) is 0. The van der Waals surface area contributed by atoms with Crippen molar-refractivity contribution in [3.63, 3.8) is 0 Å². The maximum atomic E-state index is 13.1. The van der Waals surface area contributed by atoms with E-state index in [2.05, 4.69) is 25.1 Å². The molecule has 1 fully saturated rings. The summed E-state index contributed by atoms with van der Waals surface area (Å²) in [7, 11) is 0. The third-order valence-electron chi connectivity index (χ3n) is 5.71. The number of carbonyl (C=O) groups is 1. The van der Waals surface area contributed by atoms with Crippen molar-refractivity contribution in [2.24, 2.45) is 0 Å². The fraction of sp³-hybridized carbons (Fsp3) is 0.526. The van der Waals surface area contributed by atoms with Crippen LogP contribution in [0.5, 0.6) is 0 Å². The van der Waals surface area contributed by atoms with Gasteiger partial charge in [-0.15, -0.1) is 15.3 Å². The van der Waals surface area contributed by atoms with Gasteiger partial charge < -0.3 is 9.47 Å². The third kappa shape index (κ3) is 2.89. The molecule has 2 aromatic heterocycles. The van der Waals surface area contributed by atoms with Gasteiger partial charge in [0.25, 0.3) is 0 Å². The summed E-state index contributed by atoms with van der Waals surface area (Å²) in [4.78, 5) is 15.0. The van der Waals surface area contributed by atoms with E-state index in [-0.39, 0.29) is 18.5 Å². The molecule has 0 saturated carbocycles. The predicted octanol–water partition coefficient (Wildman–Crippen LogP) is 2.11. The number of fused-ring (bicyclic) bond motifs is 2. The molecule has 0 aliphatic carbocycles. The summed E-state index contributed by atoms with van der Waals surface area (Å²) in [5.74, 6) is 2.10. The van der Waals surface area contributed by atoms with E-state index in [1.54, 1.807) is 4.68 Å². The van der Waals surface area contributed by atoms with Crippen LogP contribution in [-0.2, 0) is 24.3 Å². The number of nitrogens with zero attached hydrogens (tertiary/aromatic N) is 7. The van der Waals surface area contributed by atoms with Gasteiger partial charge in [0.1, 0.15) is 17.9 Å².